The normalized spacial score (nSPS) is 11.3. The zero-order chi connectivity index (χ0) is 38.4. The van der Waals surface area contributed by atoms with Crippen molar-refractivity contribution < 1.29 is 96.8 Å². The zero-order valence-corrected chi connectivity index (χ0v) is 36.8. The van der Waals surface area contributed by atoms with Crippen LogP contribution < -0.4 is 0 Å². The van der Waals surface area contributed by atoms with Crippen molar-refractivity contribution in [1.29, 1.82) is 0 Å². The predicted octanol–water partition coefficient (Wildman–Crippen LogP) is -0.346. The van der Waals surface area contributed by atoms with E-state index in [1.54, 1.807) is 0 Å². The van der Waals surface area contributed by atoms with Gasteiger partial charge in [-0.05, 0) is 0 Å². The largest absolute Gasteiger partial charge is 0.472 e. The van der Waals surface area contributed by atoms with E-state index in [1.807, 2.05) is 169 Å². The van der Waals surface area contributed by atoms with Crippen LogP contribution in [0.25, 0.3) is 0 Å². The summed E-state index contributed by atoms with van der Waals surface area (Å²) < 4.78 is 16.7. The molecule has 24 nitrogen and oxygen atoms in total. The van der Waals surface area contributed by atoms with Gasteiger partial charge in [-0.2, -0.15) is 14.7 Å². The molecule has 0 saturated heterocycles. The second-order valence-corrected chi connectivity index (χ2v) is 20.4. The van der Waals surface area contributed by atoms with Gasteiger partial charge in [0, 0.05) is 162 Å². The molecule has 0 aromatic rings. The van der Waals surface area contributed by atoms with Crippen molar-refractivity contribution in [2.24, 2.45) is 0 Å². The first-order chi connectivity index (χ1) is 19.7. The van der Waals surface area contributed by atoms with Crippen LogP contribution >= 0.6 is 23.8 Å². The second-order valence-electron chi connectivity index (χ2n) is 9.99. The van der Waals surface area contributed by atoms with Gasteiger partial charge in [0.1, 0.15) is 14.7 Å². The molecule has 0 saturated carbocycles. The maximum atomic E-state index is 10.1. The molecule has 0 rings (SSSR count). The van der Waals surface area contributed by atoms with Crippen molar-refractivity contribution in [3.8, 4) is 0 Å². The summed E-state index contributed by atoms with van der Waals surface area (Å²) in [5, 5.41) is 37.6. The molecule has 0 heterocycles. The fraction of sp³-hybridized carbons (Fsp3) is 1.00. The van der Waals surface area contributed by atoms with Gasteiger partial charge in [-0.3, -0.25) is 0 Å². The van der Waals surface area contributed by atoms with E-state index in [2.05, 4.69) is 0 Å². The standard InChI is InChI=1S/3C6H19N3OP.La.3H2NO3/c3*1-7(2)11(10,8(3)4)9(5)6;;3*2-1(3)4/h3*10H,1-6H3;;3*(H2,2,3,4)/q3*+1;;3*+1. The Morgan fingerprint density at radius 2 is 0.348 bits per heavy atom. The number of nitrogens with zero attached hydrogens (tertiary/aromatic N) is 12. The first-order valence-electron chi connectivity index (χ1n) is 12.2. The molecule has 0 aliphatic heterocycles. The first-order valence-corrected chi connectivity index (χ1v) is 17.0. The monoisotopic (exact) mass is 871 g/mol. The van der Waals surface area contributed by atoms with E-state index in [-0.39, 0.29) is 35.6 Å². The third kappa shape index (κ3) is 27.5. The Bertz CT molecular complexity index is 628. The molecular formula is C18H63LaN12O12P3+6. The quantitative estimate of drug-likeness (QED) is 0.106. The molecule has 0 atom stereocenters. The summed E-state index contributed by atoms with van der Waals surface area (Å²) in [6.07, 6.45) is 0. The van der Waals surface area contributed by atoms with Crippen LogP contribution in [0.5, 0.6) is 0 Å². The van der Waals surface area contributed by atoms with Gasteiger partial charge in [-0.25, -0.2) is 31.2 Å². The van der Waals surface area contributed by atoms with Crippen LogP contribution in [-0.2, 0) is 0 Å². The summed E-state index contributed by atoms with van der Waals surface area (Å²) in [4.78, 5) is 55.8. The summed E-state index contributed by atoms with van der Waals surface area (Å²) in [6, 6.07) is 0. The van der Waals surface area contributed by atoms with Crippen LogP contribution in [0.4, 0.5) is 0 Å². The minimum atomic E-state index is -2.19. The van der Waals surface area contributed by atoms with E-state index in [4.69, 9.17) is 46.0 Å². The van der Waals surface area contributed by atoms with Crippen LogP contribution in [-0.4, -0.2) is 230 Å². The van der Waals surface area contributed by atoms with E-state index in [0.29, 0.717) is 0 Å². The van der Waals surface area contributed by atoms with Gasteiger partial charge in [0.25, 0.3) is 0 Å². The molecule has 9 N–H and O–H groups in total. The maximum Gasteiger partial charge on any atom is 0.472 e. The number of hydrogen-bond acceptors (Lipinski definition) is 15. The van der Waals surface area contributed by atoms with E-state index < -0.39 is 39.1 Å². The maximum absolute atomic E-state index is 10.1. The molecule has 0 aromatic heterocycles. The summed E-state index contributed by atoms with van der Waals surface area (Å²) in [7, 11) is 27.3. The SMILES string of the molecule is CN(C)[P+](O)(N(C)C)N(C)C.CN(C)[P+](O)(N(C)C)N(C)C.CN(C)[P+](O)(N(C)C)N(C)C.O=[N+](O)O.O=[N+](O)O.O=[N+](O)O.[La]. The van der Waals surface area contributed by atoms with Gasteiger partial charge >= 0.3 is 39.1 Å². The predicted molar refractivity (Wildman–Crippen MR) is 172 cm³/mol. The van der Waals surface area contributed by atoms with Crippen LogP contribution in [0, 0.1) is 50.3 Å². The molecule has 1 radical (unpaired) electrons. The Kier molecular flexibility index (Phi) is 39.1. The van der Waals surface area contributed by atoms with Gasteiger partial charge in [0.2, 0.25) is 0 Å². The minimum absolute atomic E-state index is 0. The van der Waals surface area contributed by atoms with E-state index in [1.165, 1.54) is 0 Å². The molecule has 0 bridgehead atoms. The Labute approximate surface area is 303 Å². The third-order valence-electron chi connectivity index (χ3n) is 4.83. The topological polar surface area (TPSA) is 271 Å². The minimum Gasteiger partial charge on any atom is -0.201 e. The zero-order valence-electron chi connectivity index (χ0n) is 30.5. The fourth-order valence-electron chi connectivity index (χ4n) is 3.22. The third-order valence-corrected chi connectivity index (χ3v) is 14.5. The molecule has 0 unspecified atom stereocenters. The van der Waals surface area contributed by atoms with E-state index >= 15 is 0 Å². The number of rotatable bonds is 9. The molecule has 0 spiro atoms. The van der Waals surface area contributed by atoms with Crippen molar-refractivity contribution >= 4 is 23.8 Å². The van der Waals surface area contributed by atoms with Gasteiger partial charge in [0.05, 0.1) is 0 Å². The van der Waals surface area contributed by atoms with Crippen LogP contribution in [0.3, 0.4) is 0 Å². The van der Waals surface area contributed by atoms with Crippen molar-refractivity contribution in [1.82, 2.24) is 42.0 Å². The molecule has 0 aliphatic rings. The summed E-state index contributed by atoms with van der Waals surface area (Å²) in [5.41, 5.74) is 0. The Hall–Kier alpha value is -0.395. The van der Waals surface area contributed by atoms with Crippen molar-refractivity contribution in [3.63, 3.8) is 0 Å². The first kappa shape index (κ1) is 60.9. The molecular weight excluding hydrogens is 808 g/mol. The van der Waals surface area contributed by atoms with Crippen molar-refractivity contribution in [3.05, 3.63) is 14.7 Å². The van der Waals surface area contributed by atoms with Crippen molar-refractivity contribution in [2.45, 2.75) is 0 Å². The molecule has 28 heteroatoms. The van der Waals surface area contributed by atoms with E-state index in [9.17, 15) is 14.7 Å². The van der Waals surface area contributed by atoms with Crippen LogP contribution in [0.2, 0.25) is 0 Å². The van der Waals surface area contributed by atoms with Gasteiger partial charge < -0.3 is 0 Å². The van der Waals surface area contributed by atoms with E-state index in [0.717, 1.165) is 0 Å². The van der Waals surface area contributed by atoms with Crippen molar-refractivity contribution in [2.75, 3.05) is 127 Å². The summed E-state index contributed by atoms with van der Waals surface area (Å²) >= 11 is 0. The molecule has 46 heavy (non-hydrogen) atoms. The summed E-state index contributed by atoms with van der Waals surface area (Å²) in [5.74, 6) is 0. The van der Waals surface area contributed by atoms with Gasteiger partial charge in [-0.15, -0.1) is 42.0 Å². The average molecular weight is 872 g/mol. The smallest absolute Gasteiger partial charge is 0.201 e. The van der Waals surface area contributed by atoms with Crippen LogP contribution in [0.15, 0.2) is 0 Å². The fourth-order valence-corrected chi connectivity index (χ4v) is 9.66. The molecule has 0 fully saturated rings. The Morgan fingerprint density at radius 3 is 0.348 bits per heavy atom. The van der Waals surface area contributed by atoms with Gasteiger partial charge in [-0.1, -0.05) is 0 Å². The average Bonchev–Trinajstić information content (AvgIpc) is 2.80. The van der Waals surface area contributed by atoms with Crippen LogP contribution in [0.1, 0.15) is 0 Å². The molecule has 279 valence electrons. The molecule has 0 aliphatic carbocycles. The number of hydrogen-bond donors (Lipinski definition) is 9. The molecule has 0 amide bonds. The van der Waals surface area contributed by atoms with Gasteiger partial charge in [0.15, 0.2) is 0 Å². The Morgan fingerprint density at radius 1 is 0.304 bits per heavy atom. The molecule has 0 aromatic carbocycles. The second kappa shape index (κ2) is 29.5. The Balaban J connectivity index is -0.0000000836. The summed E-state index contributed by atoms with van der Waals surface area (Å²) in [6.45, 7) is 0.